The van der Waals surface area contributed by atoms with Crippen LogP contribution in [0.4, 0.5) is 11.4 Å². The van der Waals surface area contributed by atoms with Crippen LogP contribution >= 0.6 is 0 Å². The van der Waals surface area contributed by atoms with E-state index in [2.05, 4.69) is 22.5 Å². The van der Waals surface area contributed by atoms with Gasteiger partial charge in [-0.3, -0.25) is 9.69 Å². The van der Waals surface area contributed by atoms with E-state index >= 15 is 0 Å². The Morgan fingerprint density at radius 3 is 2.71 bits per heavy atom. The van der Waals surface area contributed by atoms with Crippen molar-refractivity contribution in [3.05, 3.63) is 23.8 Å². The Kier molecular flexibility index (Phi) is 5.44. The van der Waals surface area contributed by atoms with Gasteiger partial charge >= 0.3 is 0 Å². The monoisotopic (exact) mass is 290 g/mol. The molecular weight excluding hydrogens is 264 g/mol. The standard InChI is InChI=1S/C16H26N4O/c1-3-18-16(21)12-5-8-15(14(17)11-12)19-9-10-20(4-2)13-6-7-13/h5,8,11,13,19H,3-4,6-7,9-10,17H2,1-2H3,(H,18,21). The number of likely N-dealkylation sites (N-methyl/N-ethyl adjacent to an activating group) is 1. The Morgan fingerprint density at radius 1 is 1.38 bits per heavy atom. The molecule has 5 nitrogen and oxygen atoms in total. The summed E-state index contributed by atoms with van der Waals surface area (Å²) in [5.74, 6) is -0.0818. The van der Waals surface area contributed by atoms with E-state index < -0.39 is 0 Å². The third-order valence-corrected chi connectivity index (χ3v) is 3.84. The lowest BCUT2D eigenvalue weighted by Crippen LogP contribution is -2.31. The third kappa shape index (κ3) is 4.36. The molecule has 1 aromatic rings. The number of carbonyl (C=O) groups excluding carboxylic acids is 1. The fourth-order valence-electron chi connectivity index (χ4n) is 2.50. The van der Waals surface area contributed by atoms with Crippen LogP contribution in [0.25, 0.3) is 0 Å². The first-order valence-corrected chi connectivity index (χ1v) is 7.81. The van der Waals surface area contributed by atoms with Crippen LogP contribution < -0.4 is 16.4 Å². The van der Waals surface area contributed by atoms with Crippen molar-refractivity contribution in [2.75, 3.05) is 37.2 Å². The second-order valence-electron chi connectivity index (χ2n) is 5.45. The number of hydrogen-bond donors (Lipinski definition) is 3. The molecule has 2 rings (SSSR count). The lowest BCUT2D eigenvalue weighted by molar-refractivity contribution is 0.0956. The summed E-state index contributed by atoms with van der Waals surface area (Å²) in [7, 11) is 0. The molecule has 0 spiro atoms. The van der Waals surface area contributed by atoms with Gasteiger partial charge in [-0.05, 0) is 44.5 Å². The SMILES string of the molecule is CCNC(=O)c1ccc(NCCN(CC)C2CC2)c(N)c1. The summed E-state index contributed by atoms with van der Waals surface area (Å²) in [6.45, 7) is 7.71. The molecule has 0 unspecified atom stereocenters. The average molecular weight is 290 g/mol. The summed E-state index contributed by atoms with van der Waals surface area (Å²) < 4.78 is 0. The molecule has 1 aromatic carbocycles. The largest absolute Gasteiger partial charge is 0.397 e. The Hall–Kier alpha value is -1.75. The highest BCUT2D eigenvalue weighted by Gasteiger charge is 2.27. The van der Waals surface area contributed by atoms with Gasteiger partial charge in [-0.15, -0.1) is 0 Å². The summed E-state index contributed by atoms with van der Waals surface area (Å²) in [5, 5.41) is 6.13. The minimum atomic E-state index is -0.0818. The molecule has 1 aliphatic rings. The van der Waals surface area contributed by atoms with Gasteiger partial charge < -0.3 is 16.4 Å². The predicted molar refractivity (Wildman–Crippen MR) is 87.6 cm³/mol. The van der Waals surface area contributed by atoms with E-state index in [0.29, 0.717) is 17.8 Å². The maximum absolute atomic E-state index is 11.7. The molecule has 1 fully saturated rings. The zero-order chi connectivity index (χ0) is 15.2. The van der Waals surface area contributed by atoms with E-state index in [1.807, 2.05) is 19.1 Å². The minimum absolute atomic E-state index is 0.0818. The van der Waals surface area contributed by atoms with E-state index in [9.17, 15) is 4.79 Å². The van der Waals surface area contributed by atoms with Gasteiger partial charge in [0, 0.05) is 31.2 Å². The Balaban J connectivity index is 1.87. The summed E-state index contributed by atoms with van der Waals surface area (Å²) in [4.78, 5) is 14.2. The first-order chi connectivity index (χ1) is 10.2. The van der Waals surface area contributed by atoms with Crippen LogP contribution in [0.2, 0.25) is 0 Å². The summed E-state index contributed by atoms with van der Waals surface area (Å²) in [6, 6.07) is 6.20. The summed E-state index contributed by atoms with van der Waals surface area (Å²) in [6.07, 6.45) is 2.66. The van der Waals surface area contributed by atoms with Gasteiger partial charge in [0.15, 0.2) is 0 Å². The van der Waals surface area contributed by atoms with Crippen molar-refractivity contribution in [1.29, 1.82) is 0 Å². The number of benzene rings is 1. The number of hydrogen-bond acceptors (Lipinski definition) is 4. The maximum Gasteiger partial charge on any atom is 0.251 e. The predicted octanol–water partition coefficient (Wildman–Crippen LogP) is 1.91. The van der Waals surface area contributed by atoms with Crippen LogP contribution in [0.3, 0.4) is 0 Å². The first-order valence-electron chi connectivity index (χ1n) is 7.81. The Morgan fingerprint density at radius 2 is 2.14 bits per heavy atom. The number of amides is 1. The molecule has 21 heavy (non-hydrogen) atoms. The van der Waals surface area contributed by atoms with Gasteiger partial charge in [-0.1, -0.05) is 6.92 Å². The minimum Gasteiger partial charge on any atom is -0.397 e. The van der Waals surface area contributed by atoms with Crippen LogP contribution in [-0.2, 0) is 0 Å². The van der Waals surface area contributed by atoms with Crippen molar-refractivity contribution in [2.24, 2.45) is 0 Å². The highest BCUT2D eigenvalue weighted by atomic mass is 16.1. The highest BCUT2D eigenvalue weighted by Crippen LogP contribution is 2.26. The smallest absolute Gasteiger partial charge is 0.251 e. The quantitative estimate of drug-likeness (QED) is 0.640. The molecule has 0 aliphatic heterocycles. The van der Waals surface area contributed by atoms with Crippen LogP contribution in [0.15, 0.2) is 18.2 Å². The maximum atomic E-state index is 11.7. The van der Waals surface area contributed by atoms with Gasteiger partial charge in [0.25, 0.3) is 5.91 Å². The van der Waals surface area contributed by atoms with E-state index in [-0.39, 0.29) is 5.91 Å². The van der Waals surface area contributed by atoms with Crippen molar-refractivity contribution in [1.82, 2.24) is 10.2 Å². The zero-order valence-corrected chi connectivity index (χ0v) is 13.0. The Labute approximate surface area is 126 Å². The van der Waals surface area contributed by atoms with Crippen molar-refractivity contribution >= 4 is 17.3 Å². The molecule has 4 N–H and O–H groups in total. The lowest BCUT2D eigenvalue weighted by Gasteiger charge is -2.20. The fourth-order valence-corrected chi connectivity index (χ4v) is 2.50. The topological polar surface area (TPSA) is 70.4 Å². The molecule has 0 radical (unpaired) electrons. The van der Waals surface area contributed by atoms with E-state index in [4.69, 9.17) is 5.73 Å². The lowest BCUT2D eigenvalue weighted by atomic mass is 10.1. The molecule has 0 bridgehead atoms. The second kappa shape index (κ2) is 7.31. The van der Waals surface area contributed by atoms with Crippen molar-refractivity contribution in [3.63, 3.8) is 0 Å². The van der Waals surface area contributed by atoms with E-state index in [1.165, 1.54) is 12.8 Å². The Bertz CT molecular complexity index is 485. The molecule has 0 aromatic heterocycles. The number of carbonyl (C=O) groups is 1. The van der Waals surface area contributed by atoms with Crippen LogP contribution in [0.5, 0.6) is 0 Å². The summed E-state index contributed by atoms with van der Waals surface area (Å²) in [5.41, 5.74) is 8.14. The number of nitrogens with one attached hydrogen (secondary N) is 2. The highest BCUT2D eigenvalue weighted by molar-refractivity contribution is 5.96. The van der Waals surface area contributed by atoms with Crippen molar-refractivity contribution in [2.45, 2.75) is 32.7 Å². The molecular formula is C16H26N4O. The first kappa shape index (κ1) is 15.6. The normalized spacial score (nSPS) is 14.2. The average Bonchev–Trinajstić information content (AvgIpc) is 3.30. The molecule has 0 heterocycles. The molecule has 0 atom stereocenters. The molecule has 0 saturated heterocycles. The number of nitrogens with zero attached hydrogens (tertiary/aromatic N) is 1. The van der Waals surface area contributed by atoms with E-state index in [0.717, 1.165) is 31.4 Å². The van der Waals surface area contributed by atoms with E-state index in [1.54, 1.807) is 6.07 Å². The molecule has 116 valence electrons. The number of nitrogens with two attached hydrogens (primary N) is 1. The molecule has 1 saturated carbocycles. The van der Waals surface area contributed by atoms with Gasteiger partial charge in [0.05, 0.1) is 11.4 Å². The van der Waals surface area contributed by atoms with Crippen molar-refractivity contribution in [3.8, 4) is 0 Å². The van der Waals surface area contributed by atoms with Gasteiger partial charge in [0.2, 0.25) is 0 Å². The fraction of sp³-hybridized carbons (Fsp3) is 0.562. The molecule has 5 heteroatoms. The third-order valence-electron chi connectivity index (χ3n) is 3.84. The van der Waals surface area contributed by atoms with Gasteiger partial charge in [-0.25, -0.2) is 0 Å². The van der Waals surface area contributed by atoms with Gasteiger partial charge in [-0.2, -0.15) is 0 Å². The zero-order valence-electron chi connectivity index (χ0n) is 13.0. The summed E-state index contributed by atoms with van der Waals surface area (Å²) >= 11 is 0. The second-order valence-corrected chi connectivity index (χ2v) is 5.45. The number of rotatable bonds is 8. The molecule has 1 amide bonds. The van der Waals surface area contributed by atoms with Crippen LogP contribution in [0, 0.1) is 0 Å². The number of nitrogen functional groups attached to an aromatic ring is 1. The van der Waals surface area contributed by atoms with Gasteiger partial charge in [0.1, 0.15) is 0 Å². The van der Waals surface area contributed by atoms with Crippen LogP contribution in [0.1, 0.15) is 37.0 Å². The number of anilines is 2. The van der Waals surface area contributed by atoms with Crippen LogP contribution in [-0.4, -0.2) is 43.0 Å². The molecule has 1 aliphatic carbocycles. The van der Waals surface area contributed by atoms with Crippen molar-refractivity contribution < 1.29 is 4.79 Å².